The number of rotatable bonds is 10. The molecule has 0 spiro atoms. The minimum atomic E-state index is -3.02. The highest BCUT2D eigenvalue weighted by Crippen LogP contribution is 2.05. The van der Waals surface area contributed by atoms with E-state index in [1.165, 1.54) is 0 Å². The Morgan fingerprint density at radius 1 is 0.882 bits per heavy atom. The zero-order chi connectivity index (χ0) is 13.3. The van der Waals surface area contributed by atoms with Crippen LogP contribution in [-0.4, -0.2) is 56.1 Å². The summed E-state index contributed by atoms with van der Waals surface area (Å²) in [4.78, 5) is 2.32. The second-order valence-corrected chi connectivity index (χ2v) is 6.28. The van der Waals surface area contributed by atoms with Crippen molar-refractivity contribution in [2.75, 3.05) is 38.5 Å². The summed E-state index contributed by atoms with van der Waals surface area (Å²) in [5, 5.41) is 0. The average Bonchev–Trinajstić information content (AvgIpc) is 2.29. The fourth-order valence-electron chi connectivity index (χ4n) is 1.89. The molecule has 0 unspecified atom stereocenters. The third-order valence-electron chi connectivity index (χ3n) is 2.98. The molecule has 0 aromatic rings. The highest BCUT2D eigenvalue weighted by atomic mass is 32.2. The highest BCUT2D eigenvalue weighted by Gasteiger charge is 2.18. The predicted molar refractivity (Wildman–Crippen MR) is 73.7 cm³/mol. The molecule has 0 amide bonds. The van der Waals surface area contributed by atoms with E-state index in [4.69, 9.17) is 0 Å². The molecule has 0 saturated heterocycles. The van der Waals surface area contributed by atoms with Crippen LogP contribution in [0.5, 0.6) is 0 Å². The fraction of sp³-hybridized carbons (Fsp3) is 1.00. The minimum absolute atomic E-state index is 0.270. The van der Waals surface area contributed by atoms with Gasteiger partial charge in [-0.3, -0.25) is 0 Å². The molecule has 0 aromatic heterocycles. The van der Waals surface area contributed by atoms with Crippen LogP contribution in [0.25, 0.3) is 0 Å². The van der Waals surface area contributed by atoms with E-state index in [1.54, 1.807) is 4.31 Å². The first kappa shape index (κ1) is 16.9. The summed E-state index contributed by atoms with van der Waals surface area (Å²) in [7, 11) is -3.02. The van der Waals surface area contributed by atoms with Gasteiger partial charge in [-0.15, -0.1) is 0 Å². The van der Waals surface area contributed by atoms with E-state index in [-0.39, 0.29) is 5.75 Å². The first-order valence-corrected chi connectivity index (χ1v) is 8.32. The van der Waals surface area contributed by atoms with E-state index in [1.807, 2.05) is 13.8 Å². The fourth-order valence-corrected chi connectivity index (χ4v) is 3.47. The van der Waals surface area contributed by atoms with E-state index in [2.05, 4.69) is 18.7 Å². The SMILES string of the molecule is CCCS(=O)(=O)N(CC)CCCN(CC)CC. The van der Waals surface area contributed by atoms with Crippen LogP contribution in [0.4, 0.5) is 0 Å². The normalized spacial score (nSPS) is 12.6. The van der Waals surface area contributed by atoms with Crippen molar-refractivity contribution in [3.63, 3.8) is 0 Å². The average molecular weight is 264 g/mol. The minimum Gasteiger partial charge on any atom is -0.304 e. The lowest BCUT2D eigenvalue weighted by atomic mass is 10.3. The van der Waals surface area contributed by atoms with Gasteiger partial charge in [0.2, 0.25) is 10.0 Å². The lowest BCUT2D eigenvalue weighted by molar-refractivity contribution is 0.285. The third-order valence-corrected chi connectivity index (χ3v) is 5.14. The van der Waals surface area contributed by atoms with Gasteiger partial charge >= 0.3 is 0 Å². The van der Waals surface area contributed by atoms with Gasteiger partial charge in [0, 0.05) is 13.1 Å². The lowest BCUT2D eigenvalue weighted by Crippen LogP contribution is -2.35. The largest absolute Gasteiger partial charge is 0.304 e. The summed E-state index contributed by atoms with van der Waals surface area (Å²) in [5.74, 6) is 0.270. The molecule has 0 fully saturated rings. The van der Waals surface area contributed by atoms with E-state index >= 15 is 0 Å². The summed E-state index contributed by atoms with van der Waals surface area (Å²) in [6.07, 6.45) is 1.60. The first-order valence-electron chi connectivity index (χ1n) is 6.71. The van der Waals surface area contributed by atoms with E-state index in [9.17, 15) is 8.42 Å². The molecule has 0 rings (SSSR count). The molecule has 0 bridgehead atoms. The molecule has 0 heterocycles. The van der Waals surface area contributed by atoms with Crippen molar-refractivity contribution >= 4 is 10.0 Å². The standard InChI is InChI=1S/C12H28N2O2S/c1-5-12-17(15,16)14(8-4)11-9-10-13(6-2)7-3/h5-12H2,1-4H3. The summed E-state index contributed by atoms with van der Waals surface area (Å²) in [5.41, 5.74) is 0. The van der Waals surface area contributed by atoms with Crippen LogP contribution in [0.1, 0.15) is 40.5 Å². The summed E-state index contributed by atoms with van der Waals surface area (Å²) < 4.78 is 25.4. The number of hydrogen-bond donors (Lipinski definition) is 0. The molecule has 5 heteroatoms. The zero-order valence-electron chi connectivity index (χ0n) is 11.8. The molecule has 0 N–H and O–H groups in total. The quantitative estimate of drug-likeness (QED) is 0.604. The lowest BCUT2D eigenvalue weighted by Gasteiger charge is -2.23. The van der Waals surface area contributed by atoms with Crippen LogP contribution in [0.2, 0.25) is 0 Å². The maximum atomic E-state index is 11.9. The van der Waals surface area contributed by atoms with E-state index < -0.39 is 10.0 Å². The first-order chi connectivity index (χ1) is 8.01. The Labute approximate surface area is 107 Å². The zero-order valence-corrected chi connectivity index (χ0v) is 12.6. The molecule has 0 aliphatic carbocycles. The molecule has 0 saturated carbocycles. The van der Waals surface area contributed by atoms with Gasteiger partial charge in [0.05, 0.1) is 5.75 Å². The summed E-state index contributed by atoms with van der Waals surface area (Å²) >= 11 is 0. The third kappa shape index (κ3) is 6.38. The van der Waals surface area contributed by atoms with Crippen LogP contribution >= 0.6 is 0 Å². The predicted octanol–water partition coefficient (Wildman–Crippen LogP) is 1.78. The van der Waals surface area contributed by atoms with Gasteiger partial charge in [-0.05, 0) is 32.5 Å². The highest BCUT2D eigenvalue weighted by molar-refractivity contribution is 7.89. The Balaban J connectivity index is 4.15. The van der Waals surface area contributed by atoms with Gasteiger partial charge in [0.15, 0.2) is 0 Å². The van der Waals surface area contributed by atoms with E-state index in [0.29, 0.717) is 19.5 Å². The van der Waals surface area contributed by atoms with Crippen molar-refractivity contribution in [3.8, 4) is 0 Å². The smallest absolute Gasteiger partial charge is 0.214 e. The Bertz CT molecular complexity index is 274. The molecule has 4 nitrogen and oxygen atoms in total. The van der Waals surface area contributed by atoms with Crippen molar-refractivity contribution in [1.82, 2.24) is 9.21 Å². The van der Waals surface area contributed by atoms with Gasteiger partial charge in [-0.25, -0.2) is 12.7 Å². The maximum Gasteiger partial charge on any atom is 0.214 e. The van der Waals surface area contributed by atoms with Crippen LogP contribution in [0.15, 0.2) is 0 Å². The second-order valence-electron chi connectivity index (χ2n) is 4.19. The number of nitrogens with zero attached hydrogens (tertiary/aromatic N) is 2. The molecule has 0 aliphatic heterocycles. The molecule has 104 valence electrons. The van der Waals surface area contributed by atoms with Crippen LogP contribution < -0.4 is 0 Å². The van der Waals surface area contributed by atoms with Gasteiger partial charge in [-0.1, -0.05) is 27.7 Å². The van der Waals surface area contributed by atoms with Gasteiger partial charge < -0.3 is 4.90 Å². The topological polar surface area (TPSA) is 40.6 Å². The molecule has 0 radical (unpaired) electrons. The molecular formula is C12H28N2O2S. The van der Waals surface area contributed by atoms with Gasteiger partial charge in [0.1, 0.15) is 0 Å². The monoisotopic (exact) mass is 264 g/mol. The van der Waals surface area contributed by atoms with Crippen molar-refractivity contribution in [1.29, 1.82) is 0 Å². The molecule has 17 heavy (non-hydrogen) atoms. The van der Waals surface area contributed by atoms with E-state index in [0.717, 1.165) is 26.1 Å². The molecular weight excluding hydrogens is 236 g/mol. The van der Waals surface area contributed by atoms with Crippen molar-refractivity contribution in [3.05, 3.63) is 0 Å². The van der Waals surface area contributed by atoms with Crippen molar-refractivity contribution in [2.45, 2.75) is 40.5 Å². The Kier molecular flexibility index (Phi) is 8.82. The molecule has 0 aromatic carbocycles. The van der Waals surface area contributed by atoms with Crippen LogP contribution in [0.3, 0.4) is 0 Å². The van der Waals surface area contributed by atoms with Crippen LogP contribution in [0, 0.1) is 0 Å². The number of sulfonamides is 1. The van der Waals surface area contributed by atoms with Gasteiger partial charge in [-0.2, -0.15) is 0 Å². The molecule has 0 aliphatic rings. The summed E-state index contributed by atoms with van der Waals surface area (Å²) in [6, 6.07) is 0. The van der Waals surface area contributed by atoms with Gasteiger partial charge in [0.25, 0.3) is 0 Å². The molecule has 0 atom stereocenters. The van der Waals surface area contributed by atoms with Crippen molar-refractivity contribution < 1.29 is 8.42 Å². The Morgan fingerprint density at radius 3 is 1.88 bits per heavy atom. The second kappa shape index (κ2) is 8.89. The maximum absolute atomic E-state index is 11.9. The Morgan fingerprint density at radius 2 is 1.47 bits per heavy atom. The Hall–Kier alpha value is -0.130. The van der Waals surface area contributed by atoms with Crippen molar-refractivity contribution in [2.24, 2.45) is 0 Å². The van der Waals surface area contributed by atoms with Crippen LogP contribution in [-0.2, 0) is 10.0 Å². The summed E-state index contributed by atoms with van der Waals surface area (Å²) in [6.45, 7) is 12.4. The number of hydrogen-bond acceptors (Lipinski definition) is 3.